The van der Waals surface area contributed by atoms with Crippen molar-refractivity contribution in [2.24, 2.45) is 0 Å². The second kappa shape index (κ2) is 10.2. The first-order valence-electron chi connectivity index (χ1n) is 9.30. The largest absolute Gasteiger partial charge is 0.496 e. The summed E-state index contributed by atoms with van der Waals surface area (Å²) in [7, 11) is 1.52. The number of carbonyl (C=O) groups is 2. The molecule has 3 aromatic rings. The molecule has 0 radical (unpaired) electrons. The average molecular weight is 498 g/mol. The number of ether oxygens (including phenoxy) is 1. The van der Waals surface area contributed by atoms with Crippen LogP contribution in [0.1, 0.15) is 26.3 Å². The number of aryl methyl sites for hydroxylation is 1. The van der Waals surface area contributed by atoms with Gasteiger partial charge in [0.1, 0.15) is 5.75 Å². The molecule has 0 unspecified atom stereocenters. The summed E-state index contributed by atoms with van der Waals surface area (Å²) in [5.41, 5.74) is 3.09. The zero-order valence-electron chi connectivity index (χ0n) is 16.9. The van der Waals surface area contributed by atoms with Crippen LogP contribution in [0.2, 0.25) is 0 Å². The minimum atomic E-state index is -0.384. The summed E-state index contributed by atoms with van der Waals surface area (Å²) >= 11 is 8.65. The van der Waals surface area contributed by atoms with E-state index in [9.17, 15) is 9.59 Å². The smallest absolute Gasteiger partial charge is 0.261 e. The van der Waals surface area contributed by atoms with E-state index in [1.54, 1.807) is 42.5 Å². The van der Waals surface area contributed by atoms with E-state index in [0.29, 0.717) is 28.3 Å². The zero-order chi connectivity index (χ0) is 22.4. The molecule has 0 saturated heterocycles. The summed E-state index contributed by atoms with van der Waals surface area (Å²) in [6, 6.07) is 19.5. The molecule has 0 aliphatic carbocycles. The van der Waals surface area contributed by atoms with E-state index in [4.69, 9.17) is 17.0 Å². The van der Waals surface area contributed by atoms with Gasteiger partial charge in [-0.25, -0.2) is 0 Å². The second-order valence-electron chi connectivity index (χ2n) is 6.61. The first-order valence-corrected chi connectivity index (χ1v) is 10.5. The molecule has 0 spiro atoms. The van der Waals surface area contributed by atoms with Gasteiger partial charge in [-0.2, -0.15) is 0 Å². The lowest BCUT2D eigenvalue weighted by atomic mass is 10.1. The third-order valence-corrected chi connectivity index (χ3v) is 5.01. The molecular weight excluding hydrogens is 478 g/mol. The monoisotopic (exact) mass is 497 g/mol. The standard InChI is InChI=1S/C23H20BrN3O3S/c1-14-12-16(24)13-19(20(14)30-2)22(29)27-23(31)26-18-10-8-17(9-11-18)25-21(28)15-6-4-3-5-7-15/h3-13H,1-2H3,(H,25,28)(H2,26,27,29,31). The molecule has 8 heteroatoms. The third-order valence-electron chi connectivity index (χ3n) is 4.35. The lowest BCUT2D eigenvalue weighted by Crippen LogP contribution is -2.34. The topological polar surface area (TPSA) is 79.5 Å². The highest BCUT2D eigenvalue weighted by atomic mass is 79.9. The van der Waals surface area contributed by atoms with Gasteiger partial charge in [-0.3, -0.25) is 14.9 Å². The van der Waals surface area contributed by atoms with Gasteiger partial charge in [-0.1, -0.05) is 34.1 Å². The maximum absolute atomic E-state index is 12.7. The minimum absolute atomic E-state index is 0.144. The molecule has 0 aliphatic rings. The fourth-order valence-electron chi connectivity index (χ4n) is 2.93. The number of hydrogen-bond acceptors (Lipinski definition) is 4. The first-order chi connectivity index (χ1) is 14.9. The van der Waals surface area contributed by atoms with Crippen LogP contribution in [0.3, 0.4) is 0 Å². The molecule has 0 saturated carbocycles. The maximum atomic E-state index is 12.7. The van der Waals surface area contributed by atoms with Crippen molar-refractivity contribution < 1.29 is 14.3 Å². The number of amides is 2. The summed E-state index contributed by atoms with van der Waals surface area (Å²) in [6.07, 6.45) is 0. The molecule has 0 bridgehead atoms. The third kappa shape index (κ3) is 5.90. The lowest BCUT2D eigenvalue weighted by molar-refractivity contribution is 0.0973. The van der Waals surface area contributed by atoms with Crippen molar-refractivity contribution in [3.05, 3.63) is 87.9 Å². The number of methoxy groups -OCH3 is 1. The van der Waals surface area contributed by atoms with Crippen LogP contribution in [0, 0.1) is 6.92 Å². The van der Waals surface area contributed by atoms with E-state index in [-0.39, 0.29) is 16.9 Å². The maximum Gasteiger partial charge on any atom is 0.261 e. The Balaban J connectivity index is 1.61. The molecule has 0 heterocycles. The van der Waals surface area contributed by atoms with Crippen LogP contribution in [0.5, 0.6) is 5.75 Å². The van der Waals surface area contributed by atoms with Gasteiger partial charge in [-0.15, -0.1) is 0 Å². The number of anilines is 2. The van der Waals surface area contributed by atoms with Crippen molar-refractivity contribution in [3.63, 3.8) is 0 Å². The van der Waals surface area contributed by atoms with Crippen LogP contribution >= 0.6 is 28.1 Å². The van der Waals surface area contributed by atoms with Gasteiger partial charge in [-0.05, 0) is 73.2 Å². The second-order valence-corrected chi connectivity index (χ2v) is 7.93. The van der Waals surface area contributed by atoms with Gasteiger partial charge >= 0.3 is 0 Å². The molecule has 31 heavy (non-hydrogen) atoms. The highest BCUT2D eigenvalue weighted by Crippen LogP contribution is 2.27. The Hall–Kier alpha value is -3.23. The Labute approximate surface area is 194 Å². The van der Waals surface area contributed by atoms with Crippen molar-refractivity contribution in [1.29, 1.82) is 0 Å². The number of nitrogens with one attached hydrogen (secondary N) is 3. The van der Waals surface area contributed by atoms with Crippen LogP contribution in [0.25, 0.3) is 0 Å². The van der Waals surface area contributed by atoms with E-state index in [2.05, 4.69) is 31.9 Å². The molecule has 3 rings (SSSR count). The van der Waals surface area contributed by atoms with Crippen molar-refractivity contribution >= 4 is 56.4 Å². The molecule has 3 N–H and O–H groups in total. The summed E-state index contributed by atoms with van der Waals surface area (Å²) < 4.78 is 6.12. The van der Waals surface area contributed by atoms with Gasteiger partial charge in [0.2, 0.25) is 0 Å². The van der Waals surface area contributed by atoms with E-state index in [1.165, 1.54) is 7.11 Å². The quantitative estimate of drug-likeness (QED) is 0.425. The predicted octanol–water partition coefficient (Wildman–Crippen LogP) is 5.15. The summed E-state index contributed by atoms with van der Waals surface area (Å²) in [4.78, 5) is 24.9. The van der Waals surface area contributed by atoms with Crippen LogP contribution in [0.15, 0.2) is 71.2 Å². The highest BCUT2D eigenvalue weighted by molar-refractivity contribution is 9.10. The Morgan fingerprint density at radius 1 is 0.903 bits per heavy atom. The Morgan fingerprint density at radius 3 is 2.13 bits per heavy atom. The summed E-state index contributed by atoms with van der Waals surface area (Å²) in [5, 5.41) is 8.58. The molecule has 0 aromatic heterocycles. The highest BCUT2D eigenvalue weighted by Gasteiger charge is 2.17. The number of carbonyl (C=O) groups excluding carboxylic acids is 2. The van der Waals surface area contributed by atoms with Crippen molar-refractivity contribution in [3.8, 4) is 5.75 Å². The van der Waals surface area contributed by atoms with Crippen LogP contribution in [-0.2, 0) is 0 Å². The van der Waals surface area contributed by atoms with Gasteiger partial charge in [0.25, 0.3) is 11.8 Å². The SMILES string of the molecule is COc1c(C)cc(Br)cc1C(=O)NC(=S)Nc1ccc(NC(=O)c2ccccc2)cc1. The summed E-state index contributed by atoms with van der Waals surface area (Å²) in [5.74, 6) is -0.0881. The summed E-state index contributed by atoms with van der Waals surface area (Å²) in [6.45, 7) is 1.86. The number of thiocarbonyl (C=S) groups is 1. The zero-order valence-corrected chi connectivity index (χ0v) is 19.3. The molecule has 0 fully saturated rings. The van der Waals surface area contributed by atoms with E-state index >= 15 is 0 Å². The lowest BCUT2D eigenvalue weighted by Gasteiger charge is -2.14. The molecule has 0 atom stereocenters. The number of hydrogen-bond donors (Lipinski definition) is 3. The van der Waals surface area contributed by atoms with Crippen LogP contribution < -0.4 is 20.7 Å². The molecule has 158 valence electrons. The van der Waals surface area contributed by atoms with Gasteiger partial charge in [0.05, 0.1) is 12.7 Å². The number of halogens is 1. The first kappa shape index (κ1) is 22.5. The normalized spacial score (nSPS) is 10.2. The molecular formula is C23H20BrN3O3S. The Kier molecular flexibility index (Phi) is 7.38. The van der Waals surface area contributed by atoms with Crippen LogP contribution in [-0.4, -0.2) is 24.0 Å². The van der Waals surface area contributed by atoms with Crippen molar-refractivity contribution in [2.45, 2.75) is 6.92 Å². The number of rotatable bonds is 5. The Bertz CT molecular complexity index is 1120. The van der Waals surface area contributed by atoms with Gasteiger partial charge in [0.15, 0.2) is 5.11 Å². The van der Waals surface area contributed by atoms with E-state index < -0.39 is 0 Å². The minimum Gasteiger partial charge on any atom is -0.496 e. The van der Waals surface area contributed by atoms with Crippen molar-refractivity contribution in [1.82, 2.24) is 5.32 Å². The molecule has 6 nitrogen and oxygen atoms in total. The average Bonchev–Trinajstić information content (AvgIpc) is 2.75. The van der Waals surface area contributed by atoms with E-state index in [1.807, 2.05) is 31.2 Å². The fourth-order valence-corrected chi connectivity index (χ4v) is 3.71. The molecule has 2 amide bonds. The molecule has 3 aromatic carbocycles. The van der Waals surface area contributed by atoms with E-state index in [0.717, 1.165) is 10.0 Å². The predicted molar refractivity (Wildman–Crippen MR) is 130 cm³/mol. The number of benzene rings is 3. The van der Waals surface area contributed by atoms with Gasteiger partial charge < -0.3 is 15.4 Å². The van der Waals surface area contributed by atoms with Crippen LogP contribution in [0.4, 0.5) is 11.4 Å². The van der Waals surface area contributed by atoms with Crippen molar-refractivity contribution in [2.75, 3.05) is 17.7 Å². The molecule has 0 aliphatic heterocycles. The fraction of sp³-hybridized carbons (Fsp3) is 0.0870. The van der Waals surface area contributed by atoms with Gasteiger partial charge in [0, 0.05) is 21.4 Å². The Morgan fingerprint density at radius 2 is 1.52 bits per heavy atom.